The maximum absolute atomic E-state index is 13.3. The zero-order chi connectivity index (χ0) is 11.4. The zero-order valence-corrected chi connectivity index (χ0v) is 8.58. The van der Waals surface area contributed by atoms with E-state index in [9.17, 15) is 8.78 Å². The number of hydrogen-bond acceptors (Lipinski definition) is 1. The molecular weight excluding hydrogens is 208 g/mol. The minimum Gasteiger partial charge on any atom is -0.316 e. The highest BCUT2D eigenvalue weighted by Gasteiger charge is 2.70. The summed E-state index contributed by atoms with van der Waals surface area (Å²) in [6.07, 6.45) is -0.256. The molecule has 1 saturated carbocycles. The molecular formula is C13H11F2N. The van der Waals surface area contributed by atoms with Gasteiger partial charge >= 0.3 is 0 Å². The largest absolute Gasteiger partial charge is 0.316 e. The van der Waals surface area contributed by atoms with E-state index < -0.39 is 11.5 Å². The molecule has 3 rings (SSSR count). The third-order valence-electron chi connectivity index (χ3n) is 3.30. The van der Waals surface area contributed by atoms with Crippen molar-refractivity contribution in [1.82, 2.24) is 0 Å². The number of hydrogen-bond donors (Lipinski definition) is 1. The van der Waals surface area contributed by atoms with Crippen molar-refractivity contribution in [2.24, 2.45) is 5.73 Å². The molecule has 2 aromatic carbocycles. The molecule has 2 N–H and O–H groups in total. The number of nitrogens with two attached hydrogens (primary N) is 1. The van der Waals surface area contributed by atoms with Gasteiger partial charge in [0.25, 0.3) is 5.92 Å². The van der Waals surface area contributed by atoms with Gasteiger partial charge in [0.05, 0.1) is 0 Å². The van der Waals surface area contributed by atoms with Gasteiger partial charge < -0.3 is 5.73 Å². The van der Waals surface area contributed by atoms with Crippen LogP contribution in [0.2, 0.25) is 0 Å². The Morgan fingerprint density at radius 2 is 1.62 bits per heavy atom. The van der Waals surface area contributed by atoms with Gasteiger partial charge in [-0.3, -0.25) is 0 Å². The van der Waals surface area contributed by atoms with Crippen LogP contribution in [0.3, 0.4) is 0 Å². The Hall–Kier alpha value is -1.48. The highest BCUT2D eigenvalue weighted by molar-refractivity contribution is 5.87. The van der Waals surface area contributed by atoms with Crippen LogP contribution in [0.25, 0.3) is 10.8 Å². The molecule has 0 bridgehead atoms. The van der Waals surface area contributed by atoms with Crippen LogP contribution in [-0.4, -0.2) is 5.92 Å². The standard InChI is InChI=1S/C13H11F2N/c14-13(15)8-12(13,16)11-7-3-5-9-4-1-2-6-10(9)11/h1-7H,8,16H2. The van der Waals surface area contributed by atoms with Gasteiger partial charge in [0, 0.05) is 6.42 Å². The summed E-state index contributed by atoms with van der Waals surface area (Å²) in [5, 5.41) is 1.78. The van der Waals surface area contributed by atoms with Crippen molar-refractivity contribution in [3.05, 3.63) is 48.0 Å². The summed E-state index contributed by atoms with van der Waals surface area (Å²) in [5.74, 6) is -2.77. The van der Waals surface area contributed by atoms with Gasteiger partial charge in [0.2, 0.25) is 0 Å². The minimum absolute atomic E-state index is 0.256. The van der Waals surface area contributed by atoms with Gasteiger partial charge in [0.1, 0.15) is 5.54 Å². The molecule has 1 aliphatic carbocycles. The predicted molar refractivity (Wildman–Crippen MR) is 59.4 cm³/mol. The fraction of sp³-hybridized carbons (Fsp3) is 0.231. The molecule has 1 fully saturated rings. The average molecular weight is 219 g/mol. The van der Waals surface area contributed by atoms with E-state index in [1.54, 1.807) is 12.1 Å². The van der Waals surface area contributed by atoms with Gasteiger partial charge in [0.15, 0.2) is 0 Å². The number of fused-ring (bicyclic) bond motifs is 1. The fourth-order valence-corrected chi connectivity index (χ4v) is 2.21. The Labute approximate surface area is 91.9 Å². The summed E-state index contributed by atoms with van der Waals surface area (Å²) in [5.41, 5.74) is 4.85. The Balaban J connectivity index is 2.26. The second-order valence-corrected chi connectivity index (χ2v) is 4.38. The Morgan fingerprint density at radius 1 is 1.00 bits per heavy atom. The summed E-state index contributed by atoms with van der Waals surface area (Å²) in [4.78, 5) is 0. The quantitative estimate of drug-likeness (QED) is 0.783. The lowest BCUT2D eigenvalue weighted by Crippen LogP contribution is -2.27. The topological polar surface area (TPSA) is 26.0 Å². The maximum Gasteiger partial charge on any atom is 0.272 e. The molecule has 3 heteroatoms. The SMILES string of the molecule is NC1(c2cccc3ccccc23)CC1(F)F. The Kier molecular flexibility index (Phi) is 1.70. The third kappa shape index (κ3) is 1.12. The lowest BCUT2D eigenvalue weighted by molar-refractivity contribution is 0.0894. The van der Waals surface area contributed by atoms with E-state index in [0.717, 1.165) is 10.8 Å². The van der Waals surface area contributed by atoms with Crippen molar-refractivity contribution in [2.75, 3.05) is 0 Å². The van der Waals surface area contributed by atoms with Crippen LogP contribution in [0.15, 0.2) is 42.5 Å². The summed E-state index contributed by atoms with van der Waals surface area (Å²) >= 11 is 0. The first-order valence-corrected chi connectivity index (χ1v) is 5.20. The van der Waals surface area contributed by atoms with Crippen molar-refractivity contribution in [3.8, 4) is 0 Å². The second kappa shape index (κ2) is 2.80. The maximum atomic E-state index is 13.3. The number of benzene rings is 2. The van der Waals surface area contributed by atoms with Gasteiger partial charge in [-0.25, -0.2) is 8.78 Å². The summed E-state index contributed by atoms with van der Waals surface area (Å²) < 4.78 is 26.5. The van der Waals surface area contributed by atoms with Crippen LogP contribution < -0.4 is 5.73 Å². The van der Waals surface area contributed by atoms with Crippen molar-refractivity contribution < 1.29 is 8.78 Å². The van der Waals surface area contributed by atoms with Crippen LogP contribution in [0.5, 0.6) is 0 Å². The van der Waals surface area contributed by atoms with Crippen LogP contribution in [-0.2, 0) is 5.54 Å². The molecule has 1 atom stereocenters. The molecule has 0 heterocycles. The van der Waals surface area contributed by atoms with Gasteiger partial charge in [-0.1, -0.05) is 42.5 Å². The normalized spacial score (nSPS) is 26.9. The first kappa shape index (κ1) is 9.73. The van der Waals surface area contributed by atoms with Crippen LogP contribution in [0.1, 0.15) is 12.0 Å². The number of rotatable bonds is 1. The molecule has 0 radical (unpaired) electrons. The first-order valence-electron chi connectivity index (χ1n) is 5.20. The lowest BCUT2D eigenvalue weighted by atomic mass is 9.97. The van der Waals surface area contributed by atoms with E-state index in [2.05, 4.69) is 0 Å². The summed E-state index contributed by atoms with van der Waals surface area (Å²) in [6, 6.07) is 12.9. The van der Waals surface area contributed by atoms with Gasteiger partial charge in [-0.2, -0.15) is 0 Å². The fourth-order valence-electron chi connectivity index (χ4n) is 2.21. The molecule has 0 saturated heterocycles. The van der Waals surface area contributed by atoms with E-state index >= 15 is 0 Å². The monoisotopic (exact) mass is 219 g/mol. The van der Waals surface area contributed by atoms with E-state index in [1.165, 1.54) is 0 Å². The van der Waals surface area contributed by atoms with E-state index in [4.69, 9.17) is 5.73 Å². The molecule has 1 nitrogen and oxygen atoms in total. The smallest absolute Gasteiger partial charge is 0.272 e. The summed E-state index contributed by atoms with van der Waals surface area (Å²) in [6.45, 7) is 0. The van der Waals surface area contributed by atoms with E-state index in [1.807, 2.05) is 30.3 Å². The molecule has 2 aromatic rings. The first-order chi connectivity index (χ1) is 7.55. The molecule has 16 heavy (non-hydrogen) atoms. The molecule has 0 amide bonds. The van der Waals surface area contributed by atoms with Crippen LogP contribution in [0, 0.1) is 0 Å². The number of halogens is 2. The molecule has 0 aliphatic heterocycles. The van der Waals surface area contributed by atoms with Crippen molar-refractivity contribution in [2.45, 2.75) is 17.9 Å². The van der Waals surface area contributed by atoms with Crippen molar-refractivity contribution in [1.29, 1.82) is 0 Å². The third-order valence-corrected chi connectivity index (χ3v) is 3.30. The van der Waals surface area contributed by atoms with Crippen molar-refractivity contribution in [3.63, 3.8) is 0 Å². The average Bonchev–Trinajstić information content (AvgIpc) is 2.78. The number of alkyl halides is 2. The Bertz CT molecular complexity index is 559. The molecule has 1 aliphatic rings. The van der Waals surface area contributed by atoms with E-state index in [-0.39, 0.29) is 6.42 Å². The van der Waals surface area contributed by atoms with Crippen LogP contribution in [0.4, 0.5) is 8.78 Å². The predicted octanol–water partition coefficient (Wildman–Crippen LogP) is 3.03. The van der Waals surface area contributed by atoms with Gasteiger partial charge in [-0.15, -0.1) is 0 Å². The highest BCUT2D eigenvalue weighted by Crippen LogP contribution is 2.58. The minimum atomic E-state index is -2.77. The van der Waals surface area contributed by atoms with Crippen molar-refractivity contribution >= 4 is 10.8 Å². The van der Waals surface area contributed by atoms with Crippen LogP contribution >= 0.6 is 0 Å². The second-order valence-electron chi connectivity index (χ2n) is 4.38. The lowest BCUT2D eigenvalue weighted by Gasteiger charge is -2.13. The summed E-state index contributed by atoms with van der Waals surface area (Å²) in [7, 11) is 0. The molecule has 82 valence electrons. The van der Waals surface area contributed by atoms with Gasteiger partial charge in [-0.05, 0) is 16.3 Å². The highest BCUT2D eigenvalue weighted by atomic mass is 19.3. The molecule has 0 spiro atoms. The Morgan fingerprint density at radius 3 is 2.31 bits per heavy atom. The molecule has 0 aromatic heterocycles. The zero-order valence-electron chi connectivity index (χ0n) is 8.58. The molecule has 1 unspecified atom stereocenters. The van der Waals surface area contributed by atoms with E-state index in [0.29, 0.717) is 5.56 Å².